The molecule has 9 nitrogen and oxygen atoms in total. The molecule has 4 rings (SSSR count). The van der Waals surface area contributed by atoms with E-state index in [0.29, 0.717) is 22.9 Å². The van der Waals surface area contributed by atoms with Crippen LogP contribution in [0.25, 0.3) is 16.3 Å². The molecule has 1 saturated heterocycles. The van der Waals surface area contributed by atoms with Crippen molar-refractivity contribution in [3.05, 3.63) is 63.2 Å². The number of nitro benzene ring substituents is 1. The molecule has 0 radical (unpaired) electrons. The molecule has 1 N–H and O–H groups in total. The minimum absolute atomic E-state index is 0.00418. The number of carbonyl (C=O) groups excluding carboxylic acids is 1. The number of anilines is 1. The molecular formula is C23H24ClN5O4S. The Hall–Kier alpha value is -3.21. The van der Waals surface area contributed by atoms with Gasteiger partial charge in [0, 0.05) is 57.5 Å². The number of rotatable bonds is 8. The topological polar surface area (TPSA) is 101 Å². The number of nitro groups is 1. The van der Waals surface area contributed by atoms with Gasteiger partial charge in [-0.25, -0.2) is 4.98 Å². The molecule has 1 amide bonds. The Balaban J connectivity index is 1.23. The third-order valence-electron chi connectivity index (χ3n) is 5.54. The number of piperazine rings is 1. The van der Waals surface area contributed by atoms with Gasteiger partial charge in [-0.1, -0.05) is 35.1 Å². The zero-order valence-electron chi connectivity index (χ0n) is 18.6. The Labute approximate surface area is 205 Å². The summed E-state index contributed by atoms with van der Waals surface area (Å²) in [6.07, 6.45) is 2.96. The lowest BCUT2D eigenvalue weighted by atomic mass is 10.2. The van der Waals surface area contributed by atoms with Crippen molar-refractivity contribution >= 4 is 56.0 Å². The van der Waals surface area contributed by atoms with E-state index in [1.807, 2.05) is 12.1 Å². The largest absolute Gasteiger partial charge is 0.493 e. The molecule has 1 aliphatic rings. The maximum atomic E-state index is 12.1. The number of halogens is 1. The molecule has 3 aromatic rings. The summed E-state index contributed by atoms with van der Waals surface area (Å²) in [6, 6.07) is 9.95. The van der Waals surface area contributed by atoms with Gasteiger partial charge in [-0.15, -0.1) is 0 Å². The molecule has 178 valence electrons. The molecule has 0 bridgehead atoms. The maximum Gasteiger partial charge on any atom is 0.270 e. The van der Waals surface area contributed by atoms with Gasteiger partial charge in [0.2, 0.25) is 5.91 Å². The predicted molar refractivity (Wildman–Crippen MR) is 135 cm³/mol. The van der Waals surface area contributed by atoms with Gasteiger partial charge in [-0.05, 0) is 23.8 Å². The third kappa shape index (κ3) is 5.64. The van der Waals surface area contributed by atoms with Crippen LogP contribution in [0.5, 0.6) is 5.75 Å². The number of benzene rings is 2. The van der Waals surface area contributed by atoms with E-state index < -0.39 is 4.92 Å². The molecule has 34 heavy (non-hydrogen) atoms. The first-order valence-electron chi connectivity index (χ1n) is 10.8. The fourth-order valence-corrected chi connectivity index (χ4v) is 4.98. The first-order valence-corrected chi connectivity index (χ1v) is 11.9. The normalized spacial score (nSPS) is 14.6. The molecule has 0 atom stereocenters. The lowest BCUT2D eigenvalue weighted by Crippen LogP contribution is -2.48. The van der Waals surface area contributed by atoms with E-state index >= 15 is 0 Å². The molecule has 2 aromatic carbocycles. The summed E-state index contributed by atoms with van der Waals surface area (Å²) >= 11 is 7.84. The van der Waals surface area contributed by atoms with E-state index in [4.69, 9.17) is 21.3 Å². The fourth-order valence-electron chi connectivity index (χ4n) is 3.74. The Kier molecular flexibility index (Phi) is 7.61. The Morgan fingerprint density at radius 3 is 2.82 bits per heavy atom. The van der Waals surface area contributed by atoms with Crippen molar-refractivity contribution < 1.29 is 14.5 Å². The fraction of sp³-hybridized carbons (Fsp3) is 0.304. The number of amides is 1. The second-order valence-corrected chi connectivity index (χ2v) is 9.15. The standard InChI is InChI=1S/C23H24ClN5O4S/c1-33-22-18(24)6-7-19-21(22)26-23(34-19)28-13-11-27(12-14-28)10-9-25-20(30)8-5-16-3-2-4-17(15-16)29(31)32/h2-8,15H,9-14H2,1H3,(H,25,30)/b8-5+. The molecule has 2 heterocycles. The second-order valence-electron chi connectivity index (χ2n) is 7.73. The molecule has 0 spiro atoms. The number of nitrogens with zero attached hydrogens (tertiary/aromatic N) is 4. The first-order chi connectivity index (χ1) is 16.4. The van der Waals surface area contributed by atoms with Crippen molar-refractivity contribution in [3.8, 4) is 5.75 Å². The summed E-state index contributed by atoms with van der Waals surface area (Å²) in [7, 11) is 1.60. The van der Waals surface area contributed by atoms with Crippen LogP contribution >= 0.6 is 22.9 Å². The van der Waals surface area contributed by atoms with Gasteiger partial charge in [0.05, 0.1) is 21.8 Å². The monoisotopic (exact) mass is 501 g/mol. The number of thiazole rings is 1. The van der Waals surface area contributed by atoms with Crippen molar-refractivity contribution in [2.75, 3.05) is 51.3 Å². The number of methoxy groups -OCH3 is 1. The molecule has 1 aliphatic heterocycles. The van der Waals surface area contributed by atoms with E-state index in [9.17, 15) is 14.9 Å². The highest BCUT2D eigenvalue weighted by Gasteiger charge is 2.21. The van der Waals surface area contributed by atoms with Crippen molar-refractivity contribution in [2.45, 2.75) is 0 Å². The van der Waals surface area contributed by atoms with Gasteiger partial charge in [-0.2, -0.15) is 0 Å². The molecule has 0 saturated carbocycles. The minimum Gasteiger partial charge on any atom is -0.493 e. The third-order valence-corrected chi connectivity index (χ3v) is 6.92. The van der Waals surface area contributed by atoms with Crippen LogP contribution < -0.4 is 15.0 Å². The molecule has 11 heteroatoms. The van der Waals surface area contributed by atoms with E-state index in [0.717, 1.165) is 48.1 Å². The first kappa shape index (κ1) is 23.9. The summed E-state index contributed by atoms with van der Waals surface area (Å²) < 4.78 is 6.46. The predicted octanol–water partition coefficient (Wildman–Crippen LogP) is 3.82. The number of hydrogen-bond donors (Lipinski definition) is 1. The van der Waals surface area contributed by atoms with Crippen LogP contribution in [-0.2, 0) is 4.79 Å². The van der Waals surface area contributed by atoms with Gasteiger partial charge < -0.3 is 15.0 Å². The summed E-state index contributed by atoms with van der Waals surface area (Å²) in [5, 5.41) is 15.2. The number of carbonyl (C=O) groups is 1. The average Bonchev–Trinajstić information content (AvgIpc) is 3.28. The summed E-state index contributed by atoms with van der Waals surface area (Å²) in [6.45, 7) is 4.69. The van der Waals surface area contributed by atoms with Crippen LogP contribution in [0.4, 0.5) is 10.8 Å². The summed E-state index contributed by atoms with van der Waals surface area (Å²) in [4.78, 5) is 31.8. The minimum atomic E-state index is -0.458. The number of non-ortho nitro benzene ring substituents is 1. The van der Waals surface area contributed by atoms with Crippen LogP contribution in [0.2, 0.25) is 5.02 Å². The van der Waals surface area contributed by atoms with Gasteiger partial charge in [0.15, 0.2) is 10.9 Å². The molecule has 0 aliphatic carbocycles. The highest BCUT2D eigenvalue weighted by molar-refractivity contribution is 7.22. The number of ether oxygens (including phenoxy) is 1. The van der Waals surface area contributed by atoms with Crippen LogP contribution in [-0.4, -0.2) is 67.1 Å². The number of hydrogen-bond acceptors (Lipinski definition) is 8. The molecular weight excluding hydrogens is 478 g/mol. The van der Waals surface area contributed by atoms with Crippen molar-refractivity contribution in [2.24, 2.45) is 0 Å². The van der Waals surface area contributed by atoms with Crippen LogP contribution in [0, 0.1) is 10.1 Å². The van der Waals surface area contributed by atoms with Crippen molar-refractivity contribution in [1.82, 2.24) is 15.2 Å². The van der Waals surface area contributed by atoms with Crippen LogP contribution in [0.3, 0.4) is 0 Å². The lowest BCUT2D eigenvalue weighted by Gasteiger charge is -2.34. The summed E-state index contributed by atoms with van der Waals surface area (Å²) in [5.74, 6) is 0.378. The zero-order chi connectivity index (χ0) is 24.1. The van der Waals surface area contributed by atoms with E-state index in [1.165, 1.54) is 18.2 Å². The van der Waals surface area contributed by atoms with Crippen LogP contribution in [0.15, 0.2) is 42.5 Å². The van der Waals surface area contributed by atoms with Gasteiger partial charge in [0.1, 0.15) is 5.52 Å². The Morgan fingerprint density at radius 2 is 2.09 bits per heavy atom. The van der Waals surface area contributed by atoms with Crippen molar-refractivity contribution in [3.63, 3.8) is 0 Å². The van der Waals surface area contributed by atoms with Crippen LogP contribution in [0.1, 0.15) is 5.56 Å². The number of aromatic nitrogens is 1. The van der Waals surface area contributed by atoms with E-state index in [1.54, 1.807) is 36.7 Å². The van der Waals surface area contributed by atoms with Gasteiger partial charge >= 0.3 is 0 Å². The Bertz CT molecular complexity index is 1220. The lowest BCUT2D eigenvalue weighted by molar-refractivity contribution is -0.384. The Morgan fingerprint density at radius 1 is 1.29 bits per heavy atom. The SMILES string of the molecule is COc1c(Cl)ccc2sc(N3CCN(CCNC(=O)/C=C/c4cccc([N+](=O)[O-])c4)CC3)nc12. The highest BCUT2D eigenvalue weighted by Crippen LogP contribution is 2.38. The van der Waals surface area contributed by atoms with Gasteiger partial charge in [0.25, 0.3) is 5.69 Å². The quantitative estimate of drug-likeness (QED) is 0.284. The van der Waals surface area contributed by atoms with Crippen molar-refractivity contribution in [1.29, 1.82) is 0 Å². The van der Waals surface area contributed by atoms with E-state index in [2.05, 4.69) is 15.1 Å². The molecule has 1 fully saturated rings. The maximum absolute atomic E-state index is 12.1. The summed E-state index contributed by atoms with van der Waals surface area (Å²) in [5.41, 5.74) is 1.39. The number of nitrogens with one attached hydrogen (secondary N) is 1. The second kappa shape index (κ2) is 10.8. The highest BCUT2D eigenvalue weighted by atomic mass is 35.5. The smallest absolute Gasteiger partial charge is 0.270 e. The zero-order valence-corrected chi connectivity index (χ0v) is 20.1. The average molecular weight is 502 g/mol. The molecule has 1 aromatic heterocycles. The molecule has 0 unspecified atom stereocenters. The van der Waals surface area contributed by atoms with Gasteiger partial charge in [-0.3, -0.25) is 19.8 Å². The van der Waals surface area contributed by atoms with E-state index in [-0.39, 0.29) is 11.6 Å². The number of fused-ring (bicyclic) bond motifs is 1.